The van der Waals surface area contributed by atoms with E-state index in [9.17, 15) is 13.6 Å². The van der Waals surface area contributed by atoms with Crippen molar-refractivity contribution in [1.29, 1.82) is 0 Å². The first kappa shape index (κ1) is 12.5. The van der Waals surface area contributed by atoms with Crippen molar-refractivity contribution in [2.45, 2.75) is 6.42 Å². The van der Waals surface area contributed by atoms with Gasteiger partial charge in [0.1, 0.15) is 11.6 Å². The van der Waals surface area contributed by atoms with Gasteiger partial charge in [0.2, 0.25) is 0 Å². The van der Waals surface area contributed by atoms with Crippen molar-refractivity contribution < 1.29 is 13.6 Å². The van der Waals surface area contributed by atoms with Gasteiger partial charge in [0.25, 0.3) is 0 Å². The minimum atomic E-state index is -0.587. The highest BCUT2D eigenvalue weighted by Gasteiger charge is 2.15. The van der Waals surface area contributed by atoms with Crippen LogP contribution in [0.4, 0.5) is 8.78 Å². The number of carbonyl (C=O) groups excluding carboxylic acids is 1. The number of fused-ring (bicyclic) bond motifs is 1. The van der Waals surface area contributed by atoms with E-state index in [1.807, 2.05) is 0 Å². The fourth-order valence-electron chi connectivity index (χ4n) is 2.10. The van der Waals surface area contributed by atoms with Crippen molar-refractivity contribution in [3.63, 3.8) is 0 Å². The van der Waals surface area contributed by atoms with Gasteiger partial charge in [0, 0.05) is 12.6 Å². The standard InChI is InChI=1S/C15H10F2N2O/c16-11-4-5-13(17)10(7-11)8-15(20)12-9-18-19-6-2-1-3-14(12)19/h1-7,9H,8H2. The van der Waals surface area contributed by atoms with Crippen LogP contribution in [0.25, 0.3) is 5.52 Å². The fraction of sp³-hybridized carbons (Fsp3) is 0.0667. The molecule has 2 heterocycles. The summed E-state index contributed by atoms with van der Waals surface area (Å²) >= 11 is 0. The van der Waals surface area contributed by atoms with Crippen LogP contribution in [0.5, 0.6) is 0 Å². The Morgan fingerprint density at radius 3 is 2.90 bits per heavy atom. The minimum Gasteiger partial charge on any atom is -0.294 e. The number of halogens is 2. The lowest BCUT2D eigenvalue weighted by Crippen LogP contribution is -2.05. The van der Waals surface area contributed by atoms with Crippen molar-refractivity contribution >= 4 is 11.3 Å². The Morgan fingerprint density at radius 2 is 2.05 bits per heavy atom. The summed E-state index contributed by atoms with van der Waals surface area (Å²) < 4.78 is 28.2. The molecule has 3 aromatic rings. The van der Waals surface area contributed by atoms with E-state index in [2.05, 4.69) is 5.10 Å². The molecule has 0 fully saturated rings. The predicted octanol–water partition coefficient (Wildman–Crippen LogP) is 3.04. The molecule has 0 saturated carbocycles. The molecule has 0 aliphatic rings. The predicted molar refractivity (Wildman–Crippen MR) is 69.6 cm³/mol. The SMILES string of the molecule is O=C(Cc1cc(F)ccc1F)c1cnn2ccccc12. The molecule has 0 spiro atoms. The number of carbonyl (C=O) groups is 1. The molecular formula is C15H10F2N2O. The number of aromatic nitrogens is 2. The molecule has 5 heteroatoms. The number of rotatable bonds is 3. The van der Waals surface area contributed by atoms with Crippen molar-refractivity contribution in [3.05, 3.63) is 71.6 Å². The molecule has 0 bridgehead atoms. The first-order valence-electron chi connectivity index (χ1n) is 6.04. The maximum atomic E-state index is 13.5. The quantitative estimate of drug-likeness (QED) is 0.687. The molecule has 0 aliphatic carbocycles. The molecule has 0 atom stereocenters. The highest BCUT2D eigenvalue weighted by atomic mass is 19.1. The van der Waals surface area contributed by atoms with Gasteiger partial charge in [-0.25, -0.2) is 13.3 Å². The Bertz CT molecular complexity index is 795. The van der Waals surface area contributed by atoms with Gasteiger partial charge in [-0.1, -0.05) is 6.07 Å². The zero-order chi connectivity index (χ0) is 14.1. The summed E-state index contributed by atoms with van der Waals surface area (Å²) in [6.45, 7) is 0. The molecule has 3 nitrogen and oxygen atoms in total. The molecule has 2 aromatic heterocycles. The second-order valence-electron chi connectivity index (χ2n) is 4.42. The van der Waals surface area contributed by atoms with Gasteiger partial charge in [-0.2, -0.15) is 5.10 Å². The Balaban J connectivity index is 1.95. The van der Waals surface area contributed by atoms with Gasteiger partial charge in [0.15, 0.2) is 5.78 Å². The third-order valence-corrected chi connectivity index (χ3v) is 3.09. The van der Waals surface area contributed by atoms with E-state index >= 15 is 0 Å². The molecule has 0 aliphatic heterocycles. The summed E-state index contributed by atoms with van der Waals surface area (Å²) in [5, 5.41) is 4.05. The first-order valence-corrected chi connectivity index (χ1v) is 6.04. The monoisotopic (exact) mass is 272 g/mol. The molecule has 0 unspecified atom stereocenters. The second-order valence-corrected chi connectivity index (χ2v) is 4.42. The molecule has 0 N–H and O–H groups in total. The summed E-state index contributed by atoms with van der Waals surface area (Å²) in [4.78, 5) is 12.2. The minimum absolute atomic E-state index is 0.0466. The van der Waals surface area contributed by atoms with Crippen molar-refractivity contribution in [2.24, 2.45) is 0 Å². The van der Waals surface area contributed by atoms with Crippen LogP contribution in [0.15, 0.2) is 48.8 Å². The van der Waals surface area contributed by atoms with Crippen LogP contribution in [-0.4, -0.2) is 15.4 Å². The van der Waals surface area contributed by atoms with Crippen molar-refractivity contribution in [2.75, 3.05) is 0 Å². The van der Waals surface area contributed by atoms with Gasteiger partial charge in [0.05, 0.1) is 17.3 Å². The van der Waals surface area contributed by atoms with Crippen molar-refractivity contribution in [3.8, 4) is 0 Å². The van der Waals surface area contributed by atoms with E-state index in [0.29, 0.717) is 11.1 Å². The number of ketones is 1. The van der Waals surface area contributed by atoms with Crippen LogP contribution < -0.4 is 0 Å². The number of hydrogen-bond acceptors (Lipinski definition) is 2. The summed E-state index contributed by atoms with van der Waals surface area (Å²) in [5.41, 5.74) is 1.09. The molecule has 0 saturated heterocycles. The molecule has 3 rings (SSSR count). The Kier molecular flexibility index (Phi) is 3.02. The molecular weight excluding hydrogens is 262 g/mol. The summed E-state index contributed by atoms with van der Waals surface area (Å²) in [6.07, 6.45) is 2.96. The lowest BCUT2D eigenvalue weighted by Gasteiger charge is -2.02. The van der Waals surface area contributed by atoms with E-state index in [1.54, 1.807) is 28.9 Å². The highest BCUT2D eigenvalue weighted by Crippen LogP contribution is 2.16. The van der Waals surface area contributed by atoms with Gasteiger partial charge < -0.3 is 0 Å². The van der Waals surface area contributed by atoms with Crippen LogP contribution in [0.3, 0.4) is 0 Å². The maximum absolute atomic E-state index is 13.5. The van der Waals surface area contributed by atoms with Crippen LogP contribution in [-0.2, 0) is 6.42 Å². The van der Waals surface area contributed by atoms with Crippen molar-refractivity contribution in [1.82, 2.24) is 9.61 Å². The highest BCUT2D eigenvalue weighted by molar-refractivity contribution is 6.03. The zero-order valence-electron chi connectivity index (χ0n) is 10.4. The Hall–Kier alpha value is -2.56. The van der Waals surface area contributed by atoms with Gasteiger partial charge >= 0.3 is 0 Å². The molecule has 1 aromatic carbocycles. The van der Waals surface area contributed by atoms with E-state index < -0.39 is 11.6 Å². The number of pyridine rings is 1. The van der Waals surface area contributed by atoms with Gasteiger partial charge in [-0.15, -0.1) is 0 Å². The zero-order valence-corrected chi connectivity index (χ0v) is 10.4. The largest absolute Gasteiger partial charge is 0.294 e. The molecule has 0 amide bonds. The number of hydrogen-bond donors (Lipinski definition) is 0. The molecule has 20 heavy (non-hydrogen) atoms. The summed E-state index contributed by atoms with van der Waals surface area (Å²) in [6, 6.07) is 8.42. The van der Waals surface area contributed by atoms with E-state index in [0.717, 1.165) is 18.2 Å². The Labute approximate surface area is 113 Å². The average molecular weight is 272 g/mol. The number of Topliss-reactive ketones (excluding diaryl/α,β-unsaturated/α-hetero) is 1. The van der Waals surface area contributed by atoms with Gasteiger partial charge in [-0.05, 0) is 35.9 Å². The second kappa shape index (κ2) is 4.85. The third kappa shape index (κ3) is 2.18. The maximum Gasteiger partial charge on any atom is 0.171 e. The van der Waals surface area contributed by atoms with Crippen LogP contribution in [0, 0.1) is 11.6 Å². The van der Waals surface area contributed by atoms with Gasteiger partial charge in [-0.3, -0.25) is 4.79 Å². The first-order chi connectivity index (χ1) is 9.65. The Morgan fingerprint density at radius 1 is 1.20 bits per heavy atom. The van der Waals surface area contributed by atoms with Crippen LogP contribution in [0.1, 0.15) is 15.9 Å². The normalized spacial score (nSPS) is 10.9. The average Bonchev–Trinajstić information content (AvgIpc) is 2.87. The summed E-state index contributed by atoms with van der Waals surface area (Å²) in [7, 11) is 0. The smallest absolute Gasteiger partial charge is 0.171 e. The molecule has 100 valence electrons. The fourth-order valence-corrected chi connectivity index (χ4v) is 2.10. The lowest BCUT2D eigenvalue weighted by molar-refractivity contribution is 0.0993. The van der Waals surface area contributed by atoms with Crippen LogP contribution >= 0.6 is 0 Å². The topological polar surface area (TPSA) is 34.4 Å². The van der Waals surface area contributed by atoms with Crippen LogP contribution in [0.2, 0.25) is 0 Å². The number of nitrogens with zero attached hydrogens (tertiary/aromatic N) is 2. The third-order valence-electron chi connectivity index (χ3n) is 3.09. The van der Waals surface area contributed by atoms with E-state index in [-0.39, 0.29) is 17.8 Å². The van der Waals surface area contributed by atoms with E-state index in [4.69, 9.17) is 0 Å². The molecule has 0 radical (unpaired) electrons. The number of benzene rings is 1. The lowest BCUT2D eigenvalue weighted by atomic mass is 10.0. The summed E-state index contributed by atoms with van der Waals surface area (Å²) in [5.74, 6) is -1.44. The van der Waals surface area contributed by atoms with E-state index in [1.165, 1.54) is 6.20 Å².